The van der Waals surface area contributed by atoms with Gasteiger partial charge in [-0.25, -0.2) is 4.98 Å². The Morgan fingerprint density at radius 2 is 2.16 bits per heavy atom. The Morgan fingerprint density at radius 1 is 1.37 bits per heavy atom. The monoisotopic (exact) mass is 264 g/mol. The highest BCUT2D eigenvalue weighted by atomic mass is 16.2. The predicted molar refractivity (Wildman–Crippen MR) is 78.2 cm³/mol. The van der Waals surface area contributed by atoms with Gasteiger partial charge in [0.2, 0.25) is 5.91 Å². The number of rotatable bonds is 8. The zero-order valence-corrected chi connectivity index (χ0v) is 12.1. The van der Waals surface area contributed by atoms with E-state index >= 15 is 0 Å². The Bertz CT molecular complexity index is 378. The second-order valence-corrected chi connectivity index (χ2v) is 4.51. The number of carbonyl (C=O) groups is 1. The van der Waals surface area contributed by atoms with Gasteiger partial charge in [-0.05, 0) is 31.5 Å². The molecule has 0 aliphatic rings. The molecule has 0 aromatic carbocycles. The van der Waals surface area contributed by atoms with Gasteiger partial charge in [0.05, 0.1) is 6.54 Å². The molecule has 0 spiro atoms. The van der Waals surface area contributed by atoms with Crippen molar-refractivity contribution < 1.29 is 4.79 Å². The third-order valence-electron chi connectivity index (χ3n) is 2.71. The molecule has 5 nitrogen and oxygen atoms in total. The molecule has 0 saturated heterocycles. The van der Waals surface area contributed by atoms with E-state index in [1.807, 2.05) is 37.2 Å². The van der Waals surface area contributed by atoms with Crippen molar-refractivity contribution in [2.75, 3.05) is 31.6 Å². The highest BCUT2D eigenvalue weighted by Gasteiger charge is 2.07. The SMILES string of the molecule is CCCNCc1ccc(N(C)CC(=O)NCC)nc1. The van der Waals surface area contributed by atoms with Gasteiger partial charge in [-0.2, -0.15) is 0 Å². The third kappa shape index (κ3) is 5.70. The number of anilines is 1. The molecule has 0 radical (unpaired) electrons. The summed E-state index contributed by atoms with van der Waals surface area (Å²) in [6.07, 6.45) is 2.98. The van der Waals surface area contributed by atoms with Crippen LogP contribution in [0, 0.1) is 0 Å². The smallest absolute Gasteiger partial charge is 0.239 e. The van der Waals surface area contributed by atoms with Gasteiger partial charge in [-0.1, -0.05) is 13.0 Å². The summed E-state index contributed by atoms with van der Waals surface area (Å²) in [5.41, 5.74) is 1.16. The number of amides is 1. The van der Waals surface area contributed by atoms with Gasteiger partial charge in [0.15, 0.2) is 0 Å². The standard InChI is InChI=1S/C14H24N4O/c1-4-8-15-9-12-6-7-13(17-10-12)18(3)11-14(19)16-5-2/h6-7,10,15H,4-5,8-9,11H2,1-3H3,(H,16,19). The molecule has 5 heteroatoms. The van der Waals surface area contributed by atoms with Gasteiger partial charge in [-0.15, -0.1) is 0 Å². The molecule has 1 aromatic heterocycles. The Hall–Kier alpha value is -1.62. The van der Waals surface area contributed by atoms with Crippen molar-refractivity contribution in [2.24, 2.45) is 0 Å². The quantitative estimate of drug-likeness (QED) is 0.692. The number of pyridine rings is 1. The minimum atomic E-state index is 0.0143. The number of nitrogens with one attached hydrogen (secondary N) is 2. The Kier molecular flexibility index (Phi) is 6.89. The summed E-state index contributed by atoms with van der Waals surface area (Å²) >= 11 is 0. The van der Waals surface area contributed by atoms with E-state index in [-0.39, 0.29) is 5.91 Å². The molecule has 1 amide bonds. The fourth-order valence-corrected chi connectivity index (χ4v) is 1.71. The van der Waals surface area contributed by atoms with Gasteiger partial charge < -0.3 is 15.5 Å². The van der Waals surface area contributed by atoms with Crippen LogP contribution in [0.5, 0.6) is 0 Å². The van der Waals surface area contributed by atoms with Gasteiger partial charge in [0, 0.05) is 26.3 Å². The highest BCUT2D eigenvalue weighted by Crippen LogP contribution is 2.09. The fraction of sp³-hybridized carbons (Fsp3) is 0.571. The van der Waals surface area contributed by atoms with Crippen molar-refractivity contribution in [2.45, 2.75) is 26.8 Å². The summed E-state index contributed by atoms with van der Waals surface area (Å²) in [7, 11) is 1.87. The normalized spacial score (nSPS) is 10.3. The maximum Gasteiger partial charge on any atom is 0.239 e. The lowest BCUT2D eigenvalue weighted by Gasteiger charge is -2.17. The van der Waals surface area contributed by atoms with E-state index < -0.39 is 0 Å². The maximum atomic E-state index is 11.5. The molecule has 0 aliphatic heterocycles. The molecule has 0 aliphatic carbocycles. The molecule has 2 N–H and O–H groups in total. The average Bonchev–Trinajstić information content (AvgIpc) is 2.40. The number of hydrogen-bond donors (Lipinski definition) is 2. The molecule has 0 fully saturated rings. The minimum Gasteiger partial charge on any atom is -0.355 e. The first-order valence-electron chi connectivity index (χ1n) is 6.80. The first kappa shape index (κ1) is 15.4. The zero-order chi connectivity index (χ0) is 14.1. The van der Waals surface area contributed by atoms with Crippen LogP contribution in [0.15, 0.2) is 18.3 Å². The third-order valence-corrected chi connectivity index (χ3v) is 2.71. The lowest BCUT2D eigenvalue weighted by molar-refractivity contribution is -0.119. The van der Waals surface area contributed by atoms with Crippen molar-refractivity contribution >= 4 is 11.7 Å². The summed E-state index contributed by atoms with van der Waals surface area (Å²) in [5, 5.41) is 6.10. The van der Waals surface area contributed by atoms with E-state index in [1.54, 1.807) is 0 Å². The molecular formula is C14H24N4O. The molecular weight excluding hydrogens is 240 g/mol. The van der Waals surface area contributed by atoms with Crippen molar-refractivity contribution in [3.8, 4) is 0 Å². The molecule has 0 bridgehead atoms. The molecule has 1 heterocycles. The lowest BCUT2D eigenvalue weighted by atomic mass is 10.2. The number of likely N-dealkylation sites (N-methyl/N-ethyl adjacent to an activating group) is 2. The Morgan fingerprint density at radius 3 is 2.74 bits per heavy atom. The van der Waals surface area contributed by atoms with Crippen LogP contribution in [-0.2, 0) is 11.3 Å². The molecule has 0 unspecified atom stereocenters. The van der Waals surface area contributed by atoms with Crippen LogP contribution in [0.1, 0.15) is 25.8 Å². The Balaban J connectivity index is 2.48. The molecule has 19 heavy (non-hydrogen) atoms. The number of nitrogens with zero attached hydrogens (tertiary/aromatic N) is 2. The van der Waals surface area contributed by atoms with Crippen molar-refractivity contribution in [1.82, 2.24) is 15.6 Å². The van der Waals surface area contributed by atoms with E-state index in [4.69, 9.17) is 0 Å². The van der Waals surface area contributed by atoms with Gasteiger partial charge in [0.25, 0.3) is 0 Å². The summed E-state index contributed by atoms with van der Waals surface area (Å²) in [4.78, 5) is 17.7. The Labute approximate surface area is 115 Å². The van der Waals surface area contributed by atoms with E-state index in [2.05, 4.69) is 22.5 Å². The van der Waals surface area contributed by atoms with Crippen LogP contribution < -0.4 is 15.5 Å². The van der Waals surface area contributed by atoms with Crippen molar-refractivity contribution in [1.29, 1.82) is 0 Å². The van der Waals surface area contributed by atoms with Crippen LogP contribution in [0.2, 0.25) is 0 Å². The van der Waals surface area contributed by atoms with Crippen LogP contribution in [0.4, 0.5) is 5.82 Å². The van der Waals surface area contributed by atoms with Crippen LogP contribution in [0.3, 0.4) is 0 Å². The first-order chi connectivity index (χ1) is 9.17. The molecule has 1 aromatic rings. The maximum absolute atomic E-state index is 11.5. The zero-order valence-electron chi connectivity index (χ0n) is 12.1. The molecule has 106 valence electrons. The van der Waals surface area contributed by atoms with Crippen molar-refractivity contribution in [3.05, 3.63) is 23.9 Å². The van der Waals surface area contributed by atoms with Crippen molar-refractivity contribution in [3.63, 3.8) is 0 Å². The summed E-state index contributed by atoms with van der Waals surface area (Å²) < 4.78 is 0. The van der Waals surface area contributed by atoms with Crippen LogP contribution >= 0.6 is 0 Å². The average molecular weight is 264 g/mol. The largest absolute Gasteiger partial charge is 0.355 e. The van der Waals surface area contributed by atoms with Gasteiger partial charge in [0.1, 0.15) is 5.82 Å². The van der Waals surface area contributed by atoms with Crippen LogP contribution in [0.25, 0.3) is 0 Å². The predicted octanol–water partition coefficient (Wildman–Crippen LogP) is 1.15. The van der Waals surface area contributed by atoms with E-state index in [0.29, 0.717) is 13.1 Å². The molecule has 0 saturated carbocycles. The summed E-state index contributed by atoms with van der Waals surface area (Å²) in [5.74, 6) is 0.825. The lowest BCUT2D eigenvalue weighted by Crippen LogP contribution is -2.35. The topological polar surface area (TPSA) is 57.3 Å². The summed E-state index contributed by atoms with van der Waals surface area (Å²) in [6.45, 7) is 6.88. The summed E-state index contributed by atoms with van der Waals surface area (Å²) in [6, 6.07) is 3.99. The molecule has 1 rings (SSSR count). The minimum absolute atomic E-state index is 0.0143. The van der Waals surface area contributed by atoms with Gasteiger partial charge in [-0.3, -0.25) is 4.79 Å². The van der Waals surface area contributed by atoms with Gasteiger partial charge >= 0.3 is 0 Å². The highest BCUT2D eigenvalue weighted by molar-refractivity contribution is 5.80. The molecule has 0 atom stereocenters. The van der Waals surface area contributed by atoms with E-state index in [1.165, 1.54) is 0 Å². The fourth-order valence-electron chi connectivity index (χ4n) is 1.71. The number of carbonyl (C=O) groups excluding carboxylic acids is 1. The number of hydrogen-bond acceptors (Lipinski definition) is 4. The second-order valence-electron chi connectivity index (χ2n) is 4.51. The number of aromatic nitrogens is 1. The first-order valence-corrected chi connectivity index (χ1v) is 6.80. The second kappa shape index (κ2) is 8.48. The van der Waals surface area contributed by atoms with Crippen LogP contribution in [-0.4, -0.2) is 37.6 Å². The van der Waals surface area contributed by atoms with E-state index in [9.17, 15) is 4.79 Å². The van der Waals surface area contributed by atoms with E-state index in [0.717, 1.165) is 30.9 Å².